The first-order valence-corrected chi connectivity index (χ1v) is 15.5. The number of benzene rings is 2. The molecule has 0 bridgehead atoms. The van der Waals surface area contributed by atoms with Gasteiger partial charge in [0.05, 0.1) is 54.1 Å². The number of carbonyl (C=O) groups excluding carboxylic acids is 1. The maximum absolute atomic E-state index is 14.3. The lowest BCUT2D eigenvalue weighted by Crippen LogP contribution is -2.16. The molecule has 0 saturated heterocycles. The van der Waals surface area contributed by atoms with E-state index in [-0.39, 0.29) is 30.3 Å². The zero-order valence-corrected chi connectivity index (χ0v) is 26.1. The van der Waals surface area contributed by atoms with Crippen LogP contribution in [0.25, 0.3) is 5.69 Å². The molecule has 228 valence electrons. The topological polar surface area (TPSA) is 88.4 Å². The number of hydrogen-bond acceptors (Lipinski definition) is 9. The molecule has 0 spiro atoms. The first-order valence-electron chi connectivity index (χ1n) is 13.3. The van der Waals surface area contributed by atoms with E-state index in [4.69, 9.17) is 30.8 Å². The van der Waals surface area contributed by atoms with E-state index in [0.29, 0.717) is 45.7 Å². The van der Waals surface area contributed by atoms with Crippen molar-refractivity contribution in [2.24, 2.45) is 0 Å². The molecule has 0 aliphatic carbocycles. The van der Waals surface area contributed by atoms with Crippen molar-refractivity contribution in [3.8, 4) is 17.2 Å². The number of aromatic nitrogens is 4. The maximum atomic E-state index is 14.3. The molecule has 14 heteroatoms. The lowest BCUT2D eigenvalue weighted by Gasteiger charge is -2.23. The summed E-state index contributed by atoms with van der Waals surface area (Å²) in [4.78, 5) is 17.6. The monoisotopic (exact) mass is 652 g/mol. The van der Waals surface area contributed by atoms with Gasteiger partial charge in [0.2, 0.25) is 5.82 Å². The summed E-state index contributed by atoms with van der Waals surface area (Å²) in [5.41, 5.74) is 2.29. The minimum Gasteiger partial charge on any atom is -0.493 e. The second kappa shape index (κ2) is 12.7. The summed E-state index contributed by atoms with van der Waals surface area (Å²) in [5, 5.41) is 7.66. The normalized spacial score (nSPS) is 16.3. The molecule has 43 heavy (non-hydrogen) atoms. The van der Waals surface area contributed by atoms with Gasteiger partial charge in [0, 0.05) is 21.9 Å². The number of carbonyl (C=O) groups is 1. The van der Waals surface area contributed by atoms with Crippen molar-refractivity contribution in [3.63, 3.8) is 0 Å². The van der Waals surface area contributed by atoms with Gasteiger partial charge in [-0.3, -0.25) is 9.36 Å². The number of hydrogen-bond donors (Lipinski definition) is 0. The number of ether oxygens (including phenoxy) is 3. The summed E-state index contributed by atoms with van der Waals surface area (Å²) in [6.07, 6.45) is -3.81. The van der Waals surface area contributed by atoms with Crippen LogP contribution in [0, 0.1) is 6.92 Å². The van der Waals surface area contributed by atoms with Crippen LogP contribution in [-0.2, 0) is 28.5 Å². The van der Waals surface area contributed by atoms with Crippen LogP contribution < -0.4 is 9.47 Å². The van der Waals surface area contributed by atoms with Gasteiger partial charge in [0.25, 0.3) is 0 Å². The second-order valence-electron chi connectivity index (χ2n) is 9.63. The molecule has 2 aromatic heterocycles. The third-order valence-electron chi connectivity index (χ3n) is 6.92. The van der Waals surface area contributed by atoms with E-state index in [1.54, 1.807) is 31.2 Å². The Labute approximate surface area is 259 Å². The lowest BCUT2D eigenvalue weighted by atomic mass is 10.0. The van der Waals surface area contributed by atoms with Gasteiger partial charge in [-0.25, -0.2) is 4.98 Å². The van der Waals surface area contributed by atoms with Crippen LogP contribution in [0.15, 0.2) is 36.4 Å². The van der Waals surface area contributed by atoms with Crippen molar-refractivity contribution >= 4 is 40.7 Å². The molecule has 8 nitrogen and oxygen atoms in total. The second-order valence-corrected chi connectivity index (χ2v) is 12.5. The molecule has 1 aliphatic heterocycles. The summed E-state index contributed by atoms with van der Waals surface area (Å²) < 4.78 is 60.4. The fourth-order valence-corrected chi connectivity index (χ4v) is 8.00. The smallest absolute Gasteiger partial charge is 0.452 e. The quantitative estimate of drug-likeness (QED) is 0.174. The number of halogens is 4. The number of nitrogens with zero attached hydrogens (tertiary/aromatic N) is 4. The predicted octanol–water partition coefficient (Wildman–Crippen LogP) is 7.34. The van der Waals surface area contributed by atoms with E-state index in [1.165, 1.54) is 37.3 Å². The van der Waals surface area contributed by atoms with E-state index in [2.05, 4.69) is 10.2 Å². The van der Waals surface area contributed by atoms with Crippen LogP contribution in [0.4, 0.5) is 13.2 Å². The first-order chi connectivity index (χ1) is 20.5. The molecule has 3 heterocycles. The van der Waals surface area contributed by atoms with E-state index in [1.807, 2.05) is 19.1 Å². The van der Waals surface area contributed by atoms with Crippen molar-refractivity contribution in [1.29, 1.82) is 0 Å². The van der Waals surface area contributed by atoms with E-state index >= 15 is 0 Å². The van der Waals surface area contributed by atoms with E-state index in [9.17, 15) is 18.0 Å². The molecule has 0 radical (unpaired) electrons. The number of fused-ring (bicyclic) bond motifs is 3. The molecule has 0 fully saturated rings. The third-order valence-corrected chi connectivity index (χ3v) is 9.88. The Bertz CT molecular complexity index is 1640. The largest absolute Gasteiger partial charge is 0.493 e. The van der Waals surface area contributed by atoms with Crippen LogP contribution in [0.2, 0.25) is 5.02 Å². The highest BCUT2D eigenvalue weighted by molar-refractivity contribution is 8.00. The Kier molecular flexibility index (Phi) is 9.23. The zero-order chi connectivity index (χ0) is 30.9. The van der Waals surface area contributed by atoms with Crippen LogP contribution >= 0.6 is 34.7 Å². The van der Waals surface area contributed by atoms with Crippen LogP contribution in [0.3, 0.4) is 0 Å². The standard InChI is InChI=1S/C29H28ClF3N4O4S2/c1-5-41-24(38)12-11-21-15(2)34-23(42-21)14-22-27-35-36-28(29(31,32)33)37(27)19-10-9-16(30)13-18(19)26(43-22)17-7-6-8-20(39-3)25(17)40-4/h6-10,13,22,26H,5,11-12,14H2,1-4H3/t22-,26-/m0/s1. The number of rotatable bonds is 9. The summed E-state index contributed by atoms with van der Waals surface area (Å²) in [6, 6.07) is 10.2. The molecule has 0 unspecified atom stereocenters. The first kappa shape index (κ1) is 31.1. The van der Waals surface area contributed by atoms with E-state index in [0.717, 1.165) is 15.1 Å². The van der Waals surface area contributed by atoms with Gasteiger partial charge < -0.3 is 14.2 Å². The summed E-state index contributed by atoms with van der Waals surface area (Å²) in [5.74, 6) is -0.323. The van der Waals surface area contributed by atoms with Crippen molar-refractivity contribution in [2.75, 3.05) is 20.8 Å². The van der Waals surface area contributed by atoms with Gasteiger partial charge in [-0.05, 0) is 50.1 Å². The SMILES string of the molecule is CCOC(=O)CCc1sc(C[C@@H]2S[C@@H](c3cccc(OC)c3OC)c3cc(Cl)ccc3-n3c2nnc3C(F)(F)F)nc1C. The number of para-hydroxylation sites is 1. The molecule has 0 N–H and O–H groups in total. The number of thioether (sulfide) groups is 1. The van der Waals surface area contributed by atoms with Gasteiger partial charge in [0.1, 0.15) is 0 Å². The predicted molar refractivity (Wildman–Crippen MR) is 159 cm³/mol. The van der Waals surface area contributed by atoms with E-state index < -0.39 is 22.5 Å². The van der Waals surface area contributed by atoms with Crippen LogP contribution in [-0.4, -0.2) is 46.5 Å². The minimum atomic E-state index is -4.76. The molecular weight excluding hydrogens is 625 g/mol. The molecule has 0 saturated carbocycles. The van der Waals surface area contributed by atoms with Gasteiger partial charge in [-0.2, -0.15) is 13.2 Å². The summed E-state index contributed by atoms with van der Waals surface area (Å²) in [7, 11) is 3.04. The average Bonchev–Trinajstić information content (AvgIpc) is 3.54. The Morgan fingerprint density at radius 3 is 2.60 bits per heavy atom. The third kappa shape index (κ3) is 6.34. The van der Waals surface area contributed by atoms with Gasteiger partial charge in [0.15, 0.2) is 17.3 Å². The van der Waals surface area contributed by atoms with Gasteiger partial charge >= 0.3 is 12.1 Å². The zero-order valence-electron chi connectivity index (χ0n) is 23.7. The van der Waals surface area contributed by atoms with Gasteiger partial charge in [-0.1, -0.05) is 23.7 Å². The van der Waals surface area contributed by atoms with Crippen LogP contribution in [0.5, 0.6) is 11.5 Å². The highest BCUT2D eigenvalue weighted by Crippen LogP contribution is 2.54. The maximum Gasteiger partial charge on any atom is 0.452 e. The summed E-state index contributed by atoms with van der Waals surface area (Å²) >= 11 is 9.28. The van der Waals surface area contributed by atoms with Gasteiger partial charge in [-0.15, -0.1) is 33.3 Å². The number of aryl methyl sites for hydroxylation is 2. The Morgan fingerprint density at radius 1 is 1.12 bits per heavy atom. The summed E-state index contributed by atoms with van der Waals surface area (Å²) in [6.45, 7) is 3.91. The van der Waals surface area contributed by atoms with Crippen molar-refractivity contribution < 1.29 is 32.2 Å². The molecular formula is C29H28ClF3N4O4S2. The lowest BCUT2D eigenvalue weighted by molar-refractivity contribution is -0.146. The van der Waals surface area contributed by atoms with Crippen LogP contribution in [0.1, 0.15) is 62.2 Å². The molecule has 2 aromatic carbocycles. The number of methoxy groups -OCH3 is 2. The highest BCUT2D eigenvalue weighted by Gasteiger charge is 2.43. The Balaban J connectivity index is 1.64. The minimum absolute atomic E-state index is 0.145. The fraction of sp³-hybridized carbons (Fsp3) is 0.379. The van der Waals surface area contributed by atoms with Crippen molar-refractivity contribution in [3.05, 3.63) is 79.8 Å². The highest BCUT2D eigenvalue weighted by atomic mass is 35.5. The number of thiazole rings is 1. The number of esters is 1. The Hall–Kier alpha value is -3.29. The average molecular weight is 653 g/mol. The van der Waals surface area contributed by atoms with Crippen molar-refractivity contribution in [2.45, 2.75) is 49.8 Å². The molecule has 0 amide bonds. The number of alkyl halides is 3. The fourth-order valence-electron chi connectivity index (χ4n) is 5.08. The molecule has 2 atom stereocenters. The van der Waals surface area contributed by atoms with Crippen molar-refractivity contribution in [1.82, 2.24) is 19.7 Å². The Morgan fingerprint density at radius 2 is 1.91 bits per heavy atom. The molecule has 1 aliphatic rings. The molecule has 4 aromatic rings. The molecule has 5 rings (SSSR count).